The molecular weight excluding hydrogens is 549 g/mol. The van der Waals surface area contributed by atoms with E-state index >= 15 is 0 Å². The van der Waals surface area contributed by atoms with E-state index in [1.165, 1.54) is 24.5 Å². The van der Waals surface area contributed by atoms with Crippen LogP contribution in [0.2, 0.25) is 10.0 Å². The summed E-state index contributed by atoms with van der Waals surface area (Å²) in [5, 5.41) is 25.6. The predicted octanol–water partition coefficient (Wildman–Crippen LogP) is 2.19. The Morgan fingerprint density at radius 1 is 1.00 bits per heavy atom. The minimum Gasteiger partial charge on any atom is -0.480 e. The van der Waals surface area contributed by atoms with Gasteiger partial charge in [0.25, 0.3) is 16.8 Å². The summed E-state index contributed by atoms with van der Waals surface area (Å²) in [6.45, 7) is 3.74. The van der Waals surface area contributed by atoms with Crippen LogP contribution in [0.5, 0.6) is 0 Å². The number of halogens is 2. The molecule has 2 aromatic carbocycles. The number of benzene rings is 1. The first-order valence-electron chi connectivity index (χ1n) is 12.3. The fraction of sp³-hybridized carbons (Fsp3) is 0.346. The molecule has 0 bridgehead atoms. The summed E-state index contributed by atoms with van der Waals surface area (Å²) in [4.78, 5) is 56.8. The Bertz CT molecular complexity index is 1410. The SMILES string of the molecule is CC[C@H](O)N1CCN(c2c(N[C@@H](Cc3ccc(C(=O)Nc4c(Cl)cncc4Cl)cc3)C(=O)O)c(=O)c2=O)CC1. The summed E-state index contributed by atoms with van der Waals surface area (Å²) in [5.41, 5.74) is -0.141. The predicted molar refractivity (Wildman–Crippen MR) is 149 cm³/mol. The molecule has 0 radical (unpaired) electrons. The third-order valence-electron chi connectivity index (χ3n) is 6.67. The molecule has 2 atom stereocenters. The molecule has 1 aliphatic heterocycles. The van der Waals surface area contributed by atoms with Gasteiger partial charge in [-0.05, 0) is 24.1 Å². The van der Waals surface area contributed by atoms with Crippen LogP contribution < -0.4 is 26.4 Å². The average Bonchev–Trinajstić information content (AvgIpc) is 2.94. The van der Waals surface area contributed by atoms with Crippen molar-refractivity contribution in [2.24, 2.45) is 0 Å². The second kappa shape index (κ2) is 12.1. The number of hydrogen-bond donors (Lipinski definition) is 4. The van der Waals surface area contributed by atoms with Crippen molar-refractivity contribution < 1.29 is 19.8 Å². The van der Waals surface area contributed by atoms with E-state index in [0.29, 0.717) is 43.7 Å². The Balaban J connectivity index is 1.43. The van der Waals surface area contributed by atoms with Gasteiger partial charge in [0.2, 0.25) is 0 Å². The minimum atomic E-state index is -1.20. The number of aliphatic carboxylic acids is 1. The van der Waals surface area contributed by atoms with E-state index in [-0.39, 0.29) is 33.5 Å². The van der Waals surface area contributed by atoms with Gasteiger partial charge in [0.1, 0.15) is 23.6 Å². The molecule has 206 valence electrons. The van der Waals surface area contributed by atoms with Crippen molar-refractivity contribution in [2.75, 3.05) is 41.7 Å². The highest BCUT2D eigenvalue weighted by atomic mass is 35.5. The highest BCUT2D eigenvalue weighted by Crippen LogP contribution is 2.29. The lowest BCUT2D eigenvalue weighted by atomic mass is 10.0. The maximum absolute atomic E-state index is 12.6. The number of hydrogen-bond acceptors (Lipinski definition) is 9. The van der Waals surface area contributed by atoms with E-state index in [1.807, 2.05) is 11.8 Å². The average molecular weight is 576 g/mol. The van der Waals surface area contributed by atoms with E-state index in [0.717, 1.165) is 0 Å². The number of carbonyl (C=O) groups is 2. The van der Waals surface area contributed by atoms with Crippen LogP contribution in [0.3, 0.4) is 0 Å². The van der Waals surface area contributed by atoms with Crippen molar-refractivity contribution in [3.8, 4) is 0 Å². The first-order valence-corrected chi connectivity index (χ1v) is 13.0. The Kier molecular flexibility index (Phi) is 8.86. The zero-order valence-electron chi connectivity index (χ0n) is 21.0. The highest BCUT2D eigenvalue weighted by molar-refractivity contribution is 6.39. The second-order valence-electron chi connectivity index (χ2n) is 9.16. The van der Waals surface area contributed by atoms with Gasteiger partial charge in [0.05, 0.1) is 15.7 Å². The first kappa shape index (κ1) is 28.5. The maximum atomic E-state index is 12.6. The molecule has 2 heterocycles. The number of nitrogens with one attached hydrogen (secondary N) is 2. The molecule has 1 aromatic heterocycles. The largest absolute Gasteiger partial charge is 0.480 e. The molecule has 0 saturated carbocycles. The molecule has 13 heteroatoms. The molecule has 3 aromatic rings. The number of piperazine rings is 1. The Hall–Kier alpha value is -3.51. The van der Waals surface area contributed by atoms with Crippen LogP contribution in [0.1, 0.15) is 29.3 Å². The number of nitrogens with zero attached hydrogens (tertiary/aromatic N) is 3. The van der Waals surface area contributed by atoms with Gasteiger partial charge in [-0.1, -0.05) is 42.3 Å². The molecule has 0 aliphatic carbocycles. The molecule has 0 spiro atoms. The molecule has 1 amide bonds. The summed E-state index contributed by atoms with van der Waals surface area (Å²) < 4.78 is 0. The topological polar surface area (TPSA) is 152 Å². The van der Waals surface area contributed by atoms with E-state index in [9.17, 15) is 29.4 Å². The number of amides is 1. The maximum Gasteiger partial charge on any atom is 0.326 e. The number of carboxylic acid groups (broad SMARTS) is 1. The number of aromatic nitrogens is 1. The molecular formula is C26H27Cl2N5O6. The van der Waals surface area contributed by atoms with E-state index in [4.69, 9.17) is 23.2 Å². The molecule has 1 fully saturated rings. The smallest absolute Gasteiger partial charge is 0.326 e. The molecule has 1 saturated heterocycles. The zero-order valence-corrected chi connectivity index (χ0v) is 22.5. The number of pyridine rings is 1. The van der Waals surface area contributed by atoms with Gasteiger partial charge in [-0.2, -0.15) is 0 Å². The van der Waals surface area contributed by atoms with Gasteiger partial charge in [0, 0.05) is 50.6 Å². The van der Waals surface area contributed by atoms with Crippen molar-refractivity contribution in [3.05, 3.63) is 78.3 Å². The molecule has 1 aliphatic rings. The summed E-state index contributed by atoms with van der Waals surface area (Å²) in [5.74, 6) is -1.67. The quantitative estimate of drug-likeness (QED) is 0.264. The van der Waals surface area contributed by atoms with Crippen LogP contribution in [0.15, 0.2) is 46.2 Å². The standard InChI is InChI=1S/C26H27Cl2N5O6/c1-2-19(34)32-7-9-33(10-8-32)22-21(23(35)24(22)36)30-18(26(38)39)11-14-3-5-15(6-4-14)25(37)31-20-16(27)12-29-13-17(20)28/h3-6,12-13,18-19,30,34H,2,7-11H2,1H3,(H,38,39)(H,29,31,37)/t18-,19-/m0/s1. The van der Waals surface area contributed by atoms with Crippen LogP contribution in [0.4, 0.5) is 17.1 Å². The van der Waals surface area contributed by atoms with Crippen molar-refractivity contribution in [1.29, 1.82) is 0 Å². The fourth-order valence-corrected chi connectivity index (χ4v) is 4.89. The number of aliphatic hydroxyl groups is 1. The lowest BCUT2D eigenvalue weighted by Gasteiger charge is -2.39. The van der Waals surface area contributed by atoms with E-state index in [2.05, 4.69) is 15.6 Å². The van der Waals surface area contributed by atoms with Gasteiger partial charge < -0.3 is 25.7 Å². The van der Waals surface area contributed by atoms with Crippen LogP contribution in [-0.4, -0.2) is 70.4 Å². The Morgan fingerprint density at radius 3 is 2.18 bits per heavy atom. The highest BCUT2D eigenvalue weighted by Gasteiger charge is 2.32. The van der Waals surface area contributed by atoms with Gasteiger partial charge in [-0.3, -0.25) is 24.3 Å². The Morgan fingerprint density at radius 2 is 1.62 bits per heavy atom. The number of anilines is 3. The van der Waals surface area contributed by atoms with Crippen molar-refractivity contribution >= 4 is 52.1 Å². The lowest BCUT2D eigenvalue weighted by Crippen LogP contribution is -2.54. The van der Waals surface area contributed by atoms with Crippen molar-refractivity contribution in [2.45, 2.75) is 32.0 Å². The number of aliphatic hydroxyl groups excluding tert-OH is 1. The zero-order chi connectivity index (χ0) is 28.3. The second-order valence-corrected chi connectivity index (χ2v) is 9.98. The van der Waals surface area contributed by atoms with Gasteiger partial charge in [-0.15, -0.1) is 0 Å². The number of rotatable bonds is 10. The normalized spacial score (nSPS) is 15.6. The summed E-state index contributed by atoms with van der Waals surface area (Å²) >= 11 is 12.1. The Labute approximate surface area is 233 Å². The van der Waals surface area contributed by atoms with E-state index in [1.54, 1.807) is 17.0 Å². The molecule has 4 N–H and O–H groups in total. The number of carbonyl (C=O) groups excluding carboxylic acids is 1. The van der Waals surface area contributed by atoms with Crippen molar-refractivity contribution in [1.82, 2.24) is 9.88 Å². The summed E-state index contributed by atoms with van der Waals surface area (Å²) in [7, 11) is 0. The fourth-order valence-electron chi connectivity index (χ4n) is 4.44. The van der Waals surface area contributed by atoms with Gasteiger partial charge >= 0.3 is 5.97 Å². The summed E-state index contributed by atoms with van der Waals surface area (Å²) in [6, 6.07) is 5.07. The van der Waals surface area contributed by atoms with E-state index < -0.39 is 35.0 Å². The van der Waals surface area contributed by atoms with Crippen LogP contribution in [0.25, 0.3) is 0 Å². The molecule has 39 heavy (non-hydrogen) atoms. The van der Waals surface area contributed by atoms with Crippen molar-refractivity contribution in [3.63, 3.8) is 0 Å². The first-order chi connectivity index (χ1) is 18.6. The van der Waals surface area contributed by atoms with Crippen LogP contribution in [-0.2, 0) is 11.2 Å². The monoisotopic (exact) mass is 575 g/mol. The molecule has 4 rings (SSSR count). The minimum absolute atomic E-state index is 0.00599. The van der Waals surface area contributed by atoms with Gasteiger partial charge in [0.15, 0.2) is 0 Å². The third kappa shape index (κ3) is 6.22. The van der Waals surface area contributed by atoms with Gasteiger partial charge in [-0.25, -0.2) is 4.79 Å². The lowest BCUT2D eigenvalue weighted by molar-refractivity contribution is -0.137. The van der Waals surface area contributed by atoms with Crippen LogP contribution in [0, 0.1) is 0 Å². The third-order valence-corrected chi connectivity index (χ3v) is 7.24. The molecule has 11 nitrogen and oxygen atoms in total. The summed E-state index contributed by atoms with van der Waals surface area (Å²) in [6.07, 6.45) is 2.70. The number of carboxylic acids is 1. The molecule has 0 unspecified atom stereocenters. The van der Waals surface area contributed by atoms with Crippen LogP contribution >= 0.6 is 23.2 Å².